The van der Waals surface area contributed by atoms with E-state index in [1.54, 1.807) is 0 Å². The standard InChI is InChI=1S/C12H19BrN2S/c1-2-7-16-9-11(15-14)8-10-5-3-4-6-12(10)13/h3-6,11,15H,2,7-9,14H2,1H3. The van der Waals surface area contributed by atoms with Crippen molar-refractivity contribution in [3.63, 3.8) is 0 Å². The third-order valence-electron chi connectivity index (χ3n) is 2.33. The van der Waals surface area contributed by atoms with Gasteiger partial charge in [0.25, 0.3) is 0 Å². The molecule has 2 nitrogen and oxygen atoms in total. The molecule has 0 fully saturated rings. The molecule has 0 aromatic heterocycles. The van der Waals surface area contributed by atoms with Crippen molar-refractivity contribution in [2.45, 2.75) is 25.8 Å². The van der Waals surface area contributed by atoms with Crippen molar-refractivity contribution in [3.8, 4) is 0 Å². The van der Waals surface area contributed by atoms with Crippen LogP contribution in [0.3, 0.4) is 0 Å². The van der Waals surface area contributed by atoms with Crippen molar-refractivity contribution < 1.29 is 0 Å². The average Bonchev–Trinajstić information content (AvgIpc) is 2.30. The lowest BCUT2D eigenvalue weighted by molar-refractivity contribution is 0.574. The van der Waals surface area contributed by atoms with E-state index in [4.69, 9.17) is 5.84 Å². The quantitative estimate of drug-likeness (QED) is 0.462. The highest BCUT2D eigenvalue weighted by Crippen LogP contribution is 2.18. The molecule has 3 N–H and O–H groups in total. The van der Waals surface area contributed by atoms with Crippen LogP contribution in [0.2, 0.25) is 0 Å². The molecule has 0 aliphatic carbocycles. The number of hydrogen-bond donors (Lipinski definition) is 2. The number of hydrazine groups is 1. The SMILES string of the molecule is CCCSCC(Cc1ccccc1Br)NN. The molecule has 0 saturated carbocycles. The lowest BCUT2D eigenvalue weighted by Gasteiger charge is -2.16. The summed E-state index contributed by atoms with van der Waals surface area (Å²) in [5.74, 6) is 7.84. The molecule has 1 aromatic rings. The van der Waals surface area contributed by atoms with E-state index in [0.717, 1.165) is 16.6 Å². The van der Waals surface area contributed by atoms with Gasteiger partial charge < -0.3 is 0 Å². The molecule has 1 aromatic carbocycles. The van der Waals surface area contributed by atoms with Gasteiger partial charge in [0.05, 0.1) is 0 Å². The largest absolute Gasteiger partial charge is 0.271 e. The highest BCUT2D eigenvalue weighted by atomic mass is 79.9. The molecule has 0 amide bonds. The Hall–Kier alpha value is -0.0300. The Morgan fingerprint density at radius 3 is 2.81 bits per heavy atom. The van der Waals surface area contributed by atoms with Gasteiger partial charge in [0.1, 0.15) is 0 Å². The van der Waals surface area contributed by atoms with Crippen LogP contribution in [0.15, 0.2) is 28.7 Å². The smallest absolute Gasteiger partial charge is 0.0341 e. The van der Waals surface area contributed by atoms with E-state index in [-0.39, 0.29) is 0 Å². The van der Waals surface area contributed by atoms with Crippen LogP contribution in [-0.2, 0) is 6.42 Å². The summed E-state index contributed by atoms with van der Waals surface area (Å²) in [6, 6.07) is 8.65. The van der Waals surface area contributed by atoms with E-state index in [2.05, 4.69) is 46.5 Å². The first-order valence-corrected chi connectivity index (χ1v) is 7.50. The van der Waals surface area contributed by atoms with Gasteiger partial charge in [0, 0.05) is 16.3 Å². The van der Waals surface area contributed by atoms with Crippen molar-refractivity contribution in [1.29, 1.82) is 0 Å². The van der Waals surface area contributed by atoms with E-state index in [0.29, 0.717) is 6.04 Å². The van der Waals surface area contributed by atoms with E-state index >= 15 is 0 Å². The summed E-state index contributed by atoms with van der Waals surface area (Å²) >= 11 is 5.51. The molecule has 0 aliphatic rings. The third-order valence-corrected chi connectivity index (χ3v) is 4.44. The summed E-state index contributed by atoms with van der Waals surface area (Å²) in [5, 5.41) is 0. The van der Waals surface area contributed by atoms with Crippen LogP contribution in [0.25, 0.3) is 0 Å². The van der Waals surface area contributed by atoms with Crippen molar-refractivity contribution in [1.82, 2.24) is 5.43 Å². The van der Waals surface area contributed by atoms with Gasteiger partial charge in [0.15, 0.2) is 0 Å². The predicted molar refractivity (Wildman–Crippen MR) is 76.6 cm³/mol. The first kappa shape index (κ1) is 14.0. The number of thioether (sulfide) groups is 1. The molecular formula is C12H19BrN2S. The molecule has 1 atom stereocenters. The van der Waals surface area contributed by atoms with Crippen LogP contribution in [-0.4, -0.2) is 17.5 Å². The Balaban J connectivity index is 2.46. The number of benzene rings is 1. The first-order valence-electron chi connectivity index (χ1n) is 5.55. The molecule has 0 heterocycles. The number of nitrogens with two attached hydrogens (primary N) is 1. The van der Waals surface area contributed by atoms with Gasteiger partial charge in [-0.2, -0.15) is 11.8 Å². The number of hydrogen-bond acceptors (Lipinski definition) is 3. The van der Waals surface area contributed by atoms with Crippen LogP contribution >= 0.6 is 27.7 Å². The van der Waals surface area contributed by atoms with E-state index in [1.165, 1.54) is 17.7 Å². The Morgan fingerprint density at radius 1 is 1.44 bits per heavy atom. The van der Waals surface area contributed by atoms with Gasteiger partial charge >= 0.3 is 0 Å². The molecule has 16 heavy (non-hydrogen) atoms. The van der Waals surface area contributed by atoms with Crippen LogP contribution in [0.4, 0.5) is 0 Å². The van der Waals surface area contributed by atoms with Crippen molar-refractivity contribution in [3.05, 3.63) is 34.3 Å². The zero-order valence-electron chi connectivity index (χ0n) is 9.58. The van der Waals surface area contributed by atoms with Gasteiger partial charge in [-0.15, -0.1) is 0 Å². The Kier molecular flexibility index (Phi) is 7.12. The molecule has 0 saturated heterocycles. The summed E-state index contributed by atoms with van der Waals surface area (Å²) < 4.78 is 1.16. The van der Waals surface area contributed by atoms with Crippen molar-refractivity contribution in [2.75, 3.05) is 11.5 Å². The van der Waals surface area contributed by atoms with Gasteiger partial charge in [0.2, 0.25) is 0 Å². The highest BCUT2D eigenvalue weighted by molar-refractivity contribution is 9.10. The number of nitrogens with one attached hydrogen (secondary N) is 1. The Morgan fingerprint density at radius 2 is 2.19 bits per heavy atom. The number of halogens is 1. The van der Waals surface area contributed by atoms with Gasteiger partial charge in [-0.05, 0) is 30.2 Å². The second-order valence-electron chi connectivity index (χ2n) is 3.73. The van der Waals surface area contributed by atoms with Crippen LogP contribution in [0.1, 0.15) is 18.9 Å². The monoisotopic (exact) mass is 302 g/mol. The van der Waals surface area contributed by atoms with Gasteiger partial charge in [-0.1, -0.05) is 41.1 Å². The maximum atomic E-state index is 5.57. The molecule has 90 valence electrons. The van der Waals surface area contributed by atoms with Crippen LogP contribution in [0, 0.1) is 0 Å². The molecule has 1 unspecified atom stereocenters. The molecule has 0 aliphatic heterocycles. The zero-order valence-corrected chi connectivity index (χ0v) is 12.0. The van der Waals surface area contributed by atoms with Crippen LogP contribution in [0.5, 0.6) is 0 Å². The second-order valence-corrected chi connectivity index (χ2v) is 5.74. The minimum Gasteiger partial charge on any atom is -0.271 e. The normalized spacial score (nSPS) is 12.7. The molecular weight excluding hydrogens is 284 g/mol. The summed E-state index contributed by atoms with van der Waals surface area (Å²) in [4.78, 5) is 0. The minimum absolute atomic E-state index is 0.343. The highest BCUT2D eigenvalue weighted by Gasteiger charge is 2.09. The summed E-state index contributed by atoms with van der Waals surface area (Å²) in [6.07, 6.45) is 2.19. The fraction of sp³-hybridized carbons (Fsp3) is 0.500. The maximum Gasteiger partial charge on any atom is 0.0341 e. The maximum absolute atomic E-state index is 5.57. The van der Waals surface area contributed by atoms with Crippen molar-refractivity contribution >= 4 is 27.7 Å². The molecule has 0 radical (unpaired) electrons. The molecule has 0 bridgehead atoms. The topological polar surface area (TPSA) is 38.0 Å². The lowest BCUT2D eigenvalue weighted by Crippen LogP contribution is -2.38. The lowest BCUT2D eigenvalue weighted by atomic mass is 10.1. The fourth-order valence-electron chi connectivity index (χ4n) is 1.47. The second kappa shape index (κ2) is 8.12. The molecule has 0 spiro atoms. The average molecular weight is 303 g/mol. The zero-order chi connectivity index (χ0) is 11.8. The van der Waals surface area contributed by atoms with E-state index < -0.39 is 0 Å². The Labute approximate surface area is 110 Å². The summed E-state index contributed by atoms with van der Waals surface area (Å²) in [7, 11) is 0. The predicted octanol–water partition coefficient (Wildman–Crippen LogP) is 2.97. The van der Waals surface area contributed by atoms with Crippen LogP contribution < -0.4 is 11.3 Å². The van der Waals surface area contributed by atoms with E-state index in [9.17, 15) is 0 Å². The summed E-state index contributed by atoms with van der Waals surface area (Å²) in [6.45, 7) is 2.20. The fourth-order valence-corrected chi connectivity index (χ4v) is 2.87. The molecule has 4 heteroatoms. The minimum atomic E-state index is 0.343. The first-order chi connectivity index (χ1) is 7.77. The third kappa shape index (κ3) is 4.87. The Bertz CT molecular complexity index is 307. The van der Waals surface area contributed by atoms with Crippen molar-refractivity contribution in [2.24, 2.45) is 5.84 Å². The molecule has 1 rings (SSSR count). The van der Waals surface area contributed by atoms with Gasteiger partial charge in [-0.3, -0.25) is 11.3 Å². The van der Waals surface area contributed by atoms with Gasteiger partial charge in [-0.25, -0.2) is 0 Å². The van der Waals surface area contributed by atoms with E-state index in [1.807, 2.05) is 17.8 Å². The summed E-state index contributed by atoms with van der Waals surface area (Å²) in [5.41, 5.74) is 4.20. The number of rotatable bonds is 7.